The first-order chi connectivity index (χ1) is 16.7. The van der Waals surface area contributed by atoms with E-state index in [1.807, 2.05) is 0 Å². The van der Waals surface area contributed by atoms with Gasteiger partial charge in [0.2, 0.25) is 11.8 Å². The van der Waals surface area contributed by atoms with E-state index in [1.54, 1.807) is 29.2 Å². The predicted octanol–water partition coefficient (Wildman–Crippen LogP) is 2.75. The smallest absolute Gasteiger partial charge is 0.255 e. The van der Waals surface area contributed by atoms with Crippen LogP contribution in [0.3, 0.4) is 0 Å². The Balaban J connectivity index is 1.09. The highest BCUT2D eigenvalue weighted by Crippen LogP contribution is 2.56. The summed E-state index contributed by atoms with van der Waals surface area (Å²) in [5.74, 6) is -2.69. The first kappa shape index (κ1) is 21.9. The number of imide groups is 1. The highest BCUT2D eigenvalue weighted by atomic mass is 19.2. The fourth-order valence-corrected chi connectivity index (χ4v) is 6.04. The minimum absolute atomic E-state index is 0.0282. The summed E-state index contributed by atoms with van der Waals surface area (Å²) in [6, 6.07) is 8.35. The van der Waals surface area contributed by atoms with E-state index in [9.17, 15) is 28.0 Å². The molecule has 1 atom stereocenters. The number of halogens is 2. The maximum absolute atomic E-state index is 13.5. The number of nitrogens with zero attached hydrogens (tertiary/aromatic N) is 2. The second kappa shape index (κ2) is 7.69. The molecular weight excluding hydrogens is 456 g/mol. The van der Waals surface area contributed by atoms with Gasteiger partial charge in [0.15, 0.2) is 11.6 Å². The van der Waals surface area contributed by atoms with Crippen LogP contribution < -0.4 is 5.32 Å². The topological polar surface area (TPSA) is 86.8 Å². The van der Waals surface area contributed by atoms with E-state index < -0.39 is 23.6 Å². The van der Waals surface area contributed by atoms with Crippen LogP contribution in [-0.2, 0) is 16.1 Å². The molecule has 3 aliphatic heterocycles. The molecule has 1 aliphatic carbocycles. The molecule has 9 heteroatoms. The Hall–Kier alpha value is -3.62. The maximum Gasteiger partial charge on any atom is 0.255 e. The molecule has 4 aliphatic rings. The van der Waals surface area contributed by atoms with Crippen LogP contribution in [0.2, 0.25) is 0 Å². The van der Waals surface area contributed by atoms with Gasteiger partial charge in [-0.15, -0.1) is 0 Å². The zero-order valence-corrected chi connectivity index (χ0v) is 18.9. The Morgan fingerprint density at radius 2 is 1.77 bits per heavy atom. The third-order valence-corrected chi connectivity index (χ3v) is 7.88. The van der Waals surface area contributed by atoms with Crippen molar-refractivity contribution in [2.24, 2.45) is 5.41 Å². The van der Waals surface area contributed by atoms with Gasteiger partial charge in [0.05, 0.1) is 0 Å². The van der Waals surface area contributed by atoms with E-state index in [2.05, 4.69) is 5.32 Å². The Labute approximate surface area is 200 Å². The van der Waals surface area contributed by atoms with Crippen molar-refractivity contribution in [3.8, 4) is 0 Å². The van der Waals surface area contributed by atoms with Crippen molar-refractivity contribution < 1.29 is 28.0 Å². The number of carbonyl (C=O) groups excluding carboxylic acids is 4. The van der Waals surface area contributed by atoms with Crippen LogP contribution >= 0.6 is 0 Å². The summed E-state index contributed by atoms with van der Waals surface area (Å²) >= 11 is 0. The third-order valence-electron chi connectivity index (χ3n) is 7.88. The monoisotopic (exact) mass is 479 g/mol. The number of rotatable bonds is 3. The summed E-state index contributed by atoms with van der Waals surface area (Å²) in [6.45, 7) is 1.45. The minimum atomic E-state index is -0.848. The maximum atomic E-state index is 13.5. The molecule has 1 saturated carbocycles. The molecule has 6 rings (SSSR count). The van der Waals surface area contributed by atoms with Crippen molar-refractivity contribution in [3.05, 3.63) is 70.3 Å². The standard InChI is InChI=1S/C26H23F2N3O4/c27-19-4-2-14(8-20(19)28)17-9-26(10-17)12-30(13-26)24(34)15-1-3-18-16(7-15)11-31(25(18)35)21-5-6-22(32)29-23(21)33/h1-4,7-8,17,21H,5-6,9-13H2,(H,29,32,33). The summed E-state index contributed by atoms with van der Waals surface area (Å²) in [4.78, 5) is 52.8. The first-order valence-corrected chi connectivity index (χ1v) is 11.7. The molecule has 0 aromatic heterocycles. The number of benzene rings is 2. The van der Waals surface area contributed by atoms with Crippen molar-refractivity contribution in [1.29, 1.82) is 0 Å². The van der Waals surface area contributed by atoms with E-state index in [0.29, 0.717) is 29.8 Å². The molecule has 2 aromatic carbocycles. The largest absolute Gasteiger partial charge is 0.337 e. The second-order valence-corrected chi connectivity index (χ2v) is 10.2. The van der Waals surface area contributed by atoms with Crippen molar-refractivity contribution >= 4 is 23.6 Å². The van der Waals surface area contributed by atoms with Gasteiger partial charge in [-0.05, 0) is 66.6 Å². The van der Waals surface area contributed by atoms with Gasteiger partial charge in [0.25, 0.3) is 11.8 Å². The Bertz CT molecular complexity index is 1300. The Morgan fingerprint density at radius 1 is 1.00 bits per heavy atom. The van der Waals surface area contributed by atoms with Gasteiger partial charge in [-0.1, -0.05) is 6.07 Å². The summed E-state index contributed by atoms with van der Waals surface area (Å²) in [6.07, 6.45) is 2.15. The minimum Gasteiger partial charge on any atom is -0.337 e. The Kier molecular flexibility index (Phi) is 4.81. The summed E-state index contributed by atoms with van der Waals surface area (Å²) in [7, 11) is 0. The van der Waals surface area contributed by atoms with Crippen molar-refractivity contribution in [3.63, 3.8) is 0 Å². The molecule has 180 valence electrons. The van der Waals surface area contributed by atoms with Crippen LogP contribution in [-0.4, -0.2) is 52.6 Å². The van der Waals surface area contributed by atoms with Crippen LogP contribution in [0.5, 0.6) is 0 Å². The molecule has 4 amide bonds. The van der Waals surface area contributed by atoms with Gasteiger partial charge < -0.3 is 9.80 Å². The van der Waals surface area contributed by atoms with Crippen molar-refractivity contribution in [1.82, 2.24) is 15.1 Å². The molecule has 1 spiro atoms. The SMILES string of the molecule is O=C1CCC(N2Cc3cc(C(=O)N4CC5(CC(c6ccc(F)c(F)c6)C5)C4)ccc3C2=O)C(=O)N1. The van der Waals surface area contributed by atoms with Gasteiger partial charge >= 0.3 is 0 Å². The normalized spacial score (nSPS) is 23.1. The molecule has 3 heterocycles. The number of piperidine rings is 1. The molecule has 2 saturated heterocycles. The molecule has 3 fully saturated rings. The number of hydrogen-bond acceptors (Lipinski definition) is 4. The lowest BCUT2D eigenvalue weighted by molar-refractivity contribution is -0.136. The molecule has 7 nitrogen and oxygen atoms in total. The lowest BCUT2D eigenvalue weighted by atomic mass is 9.56. The highest BCUT2D eigenvalue weighted by molar-refractivity contribution is 6.06. The highest BCUT2D eigenvalue weighted by Gasteiger charge is 2.54. The fraction of sp³-hybridized carbons (Fsp3) is 0.385. The van der Waals surface area contributed by atoms with Crippen LogP contribution in [0.1, 0.15) is 63.4 Å². The molecule has 1 unspecified atom stereocenters. The van der Waals surface area contributed by atoms with Gasteiger partial charge in [0, 0.05) is 42.6 Å². The van der Waals surface area contributed by atoms with Crippen LogP contribution in [0.15, 0.2) is 36.4 Å². The van der Waals surface area contributed by atoms with Gasteiger partial charge in [-0.3, -0.25) is 24.5 Å². The number of nitrogens with one attached hydrogen (secondary N) is 1. The lowest BCUT2D eigenvalue weighted by Gasteiger charge is -2.59. The van der Waals surface area contributed by atoms with Gasteiger partial charge in [0.1, 0.15) is 6.04 Å². The number of amides is 4. The number of fused-ring (bicyclic) bond motifs is 1. The average molecular weight is 479 g/mol. The second-order valence-electron chi connectivity index (χ2n) is 10.2. The van der Waals surface area contributed by atoms with E-state index in [4.69, 9.17) is 0 Å². The lowest BCUT2D eigenvalue weighted by Crippen LogP contribution is -2.63. The van der Waals surface area contributed by atoms with Gasteiger partial charge in [-0.2, -0.15) is 0 Å². The van der Waals surface area contributed by atoms with Gasteiger partial charge in [-0.25, -0.2) is 8.78 Å². The average Bonchev–Trinajstić information content (AvgIpc) is 3.09. The molecule has 35 heavy (non-hydrogen) atoms. The van der Waals surface area contributed by atoms with Crippen LogP contribution in [0.4, 0.5) is 8.78 Å². The molecule has 1 N–H and O–H groups in total. The zero-order valence-electron chi connectivity index (χ0n) is 18.9. The van der Waals surface area contributed by atoms with Crippen molar-refractivity contribution in [2.75, 3.05) is 13.1 Å². The molecule has 0 radical (unpaired) electrons. The number of carbonyl (C=O) groups is 4. The zero-order chi connectivity index (χ0) is 24.5. The van der Waals surface area contributed by atoms with E-state index in [1.165, 1.54) is 11.0 Å². The quantitative estimate of drug-likeness (QED) is 0.686. The first-order valence-electron chi connectivity index (χ1n) is 11.7. The summed E-state index contributed by atoms with van der Waals surface area (Å²) < 4.78 is 26.7. The Morgan fingerprint density at radius 3 is 2.49 bits per heavy atom. The van der Waals surface area contributed by atoms with E-state index in [0.717, 1.165) is 24.5 Å². The van der Waals surface area contributed by atoms with Crippen molar-refractivity contribution in [2.45, 2.75) is 44.2 Å². The molecule has 0 bridgehead atoms. The summed E-state index contributed by atoms with van der Waals surface area (Å²) in [5.41, 5.74) is 2.49. The predicted molar refractivity (Wildman–Crippen MR) is 119 cm³/mol. The number of hydrogen-bond donors (Lipinski definition) is 1. The van der Waals surface area contributed by atoms with Crippen LogP contribution in [0.25, 0.3) is 0 Å². The summed E-state index contributed by atoms with van der Waals surface area (Å²) in [5, 5.41) is 2.28. The third kappa shape index (κ3) is 3.52. The van der Waals surface area contributed by atoms with E-state index >= 15 is 0 Å². The van der Waals surface area contributed by atoms with Crippen LogP contribution in [0, 0.1) is 17.0 Å². The van der Waals surface area contributed by atoms with E-state index in [-0.39, 0.29) is 48.4 Å². The molecule has 2 aromatic rings. The number of likely N-dealkylation sites (tertiary alicyclic amines) is 1. The fourth-order valence-electron chi connectivity index (χ4n) is 6.04. The molecular formula is C26H23F2N3O4.